The van der Waals surface area contributed by atoms with E-state index in [0.29, 0.717) is 22.2 Å². The van der Waals surface area contributed by atoms with Gasteiger partial charge in [0.05, 0.1) is 27.7 Å². The number of nitrogens with zero attached hydrogens (tertiary/aromatic N) is 2. The number of aryl methyl sites for hydroxylation is 1. The number of rotatable bonds is 7. The van der Waals surface area contributed by atoms with Crippen LogP contribution < -0.4 is 10.2 Å². The number of benzene rings is 2. The summed E-state index contributed by atoms with van der Waals surface area (Å²) in [5.41, 5.74) is 3.18. The highest BCUT2D eigenvalue weighted by Gasteiger charge is 2.37. The van der Waals surface area contributed by atoms with Crippen LogP contribution in [-0.4, -0.2) is 21.6 Å². The average Bonchev–Trinajstić information content (AvgIpc) is 3.58. The second-order valence-electron chi connectivity index (χ2n) is 8.20. The van der Waals surface area contributed by atoms with Crippen molar-refractivity contribution in [2.45, 2.75) is 26.4 Å². The van der Waals surface area contributed by atoms with E-state index in [4.69, 9.17) is 11.6 Å². The molecule has 0 aliphatic carbocycles. The summed E-state index contributed by atoms with van der Waals surface area (Å²) in [6.45, 7) is 2.70. The Morgan fingerprint density at radius 2 is 1.92 bits per heavy atom. The molecule has 2 aromatic carbocycles. The van der Waals surface area contributed by atoms with Gasteiger partial charge in [-0.2, -0.15) is 0 Å². The smallest absolute Gasteiger partial charge is 0.298 e. The lowest BCUT2D eigenvalue weighted by Crippen LogP contribution is -2.27. The molecule has 1 N–H and O–H groups in total. The number of carbonyl (C=O) groups is 3. The van der Waals surface area contributed by atoms with Gasteiger partial charge in [-0.1, -0.05) is 54.9 Å². The van der Waals surface area contributed by atoms with Crippen LogP contribution in [0.5, 0.6) is 0 Å². The number of amides is 3. The van der Waals surface area contributed by atoms with E-state index in [0.717, 1.165) is 50.0 Å². The van der Waals surface area contributed by atoms with Gasteiger partial charge < -0.3 is 9.88 Å². The van der Waals surface area contributed by atoms with E-state index in [2.05, 4.69) is 12.2 Å². The summed E-state index contributed by atoms with van der Waals surface area (Å²) in [5.74, 6) is -0.517. The molecule has 5 rings (SSSR count). The number of fused-ring (bicyclic) bond motifs is 1. The molecule has 1 saturated heterocycles. The minimum absolute atomic E-state index is 0.100. The molecule has 36 heavy (non-hydrogen) atoms. The van der Waals surface area contributed by atoms with E-state index < -0.39 is 11.1 Å². The summed E-state index contributed by atoms with van der Waals surface area (Å²) in [6.07, 6.45) is 4.39. The van der Waals surface area contributed by atoms with Crippen molar-refractivity contribution >= 4 is 74.4 Å². The molecule has 0 saturated carbocycles. The summed E-state index contributed by atoms with van der Waals surface area (Å²) < 4.78 is 1.92. The largest absolute Gasteiger partial charge is 0.350 e. The molecule has 3 heterocycles. The van der Waals surface area contributed by atoms with Crippen molar-refractivity contribution < 1.29 is 14.4 Å². The minimum Gasteiger partial charge on any atom is -0.350 e. The quantitative estimate of drug-likeness (QED) is 0.275. The van der Waals surface area contributed by atoms with E-state index in [9.17, 15) is 14.4 Å². The van der Waals surface area contributed by atoms with Crippen LogP contribution in [0.25, 0.3) is 17.0 Å². The van der Waals surface area contributed by atoms with Crippen molar-refractivity contribution in [3.63, 3.8) is 0 Å². The third-order valence-electron chi connectivity index (χ3n) is 5.92. The molecule has 9 heteroatoms. The van der Waals surface area contributed by atoms with Gasteiger partial charge in [-0.3, -0.25) is 14.4 Å². The van der Waals surface area contributed by atoms with Gasteiger partial charge in [0.15, 0.2) is 0 Å². The number of halogens is 1. The number of anilines is 1. The molecule has 1 aliphatic heterocycles. The van der Waals surface area contributed by atoms with Gasteiger partial charge in [-0.05, 0) is 53.4 Å². The van der Waals surface area contributed by atoms with Crippen LogP contribution in [0.15, 0.2) is 71.1 Å². The zero-order valence-electron chi connectivity index (χ0n) is 19.4. The molecular formula is C27H22ClN3O3S2. The molecule has 0 atom stereocenters. The predicted molar refractivity (Wildman–Crippen MR) is 147 cm³/mol. The topological polar surface area (TPSA) is 71.4 Å². The highest BCUT2D eigenvalue weighted by Crippen LogP contribution is 2.39. The fourth-order valence-corrected chi connectivity index (χ4v) is 5.94. The van der Waals surface area contributed by atoms with E-state index in [1.165, 1.54) is 0 Å². The van der Waals surface area contributed by atoms with Gasteiger partial charge in [-0.15, -0.1) is 11.3 Å². The number of nitrogens with one attached hydrogen (secondary N) is 1. The van der Waals surface area contributed by atoms with Crippen LogP contribution in [0.1, 0.15) is 22.9 Å². The minimum atomic E-state index is -0.417. The zero-order valence-corrected chi connectivity index (χ0v) is 21.8. The van der Waals surface area contributed by atoms with Crippen LogP contribution in [0.2, 0.25) is 5.02 Å². The molecule has 0 unspecified atom stereocenters. The van der Waals surface area contributed by atoms with Crippen LogP contribution in [0, 0.1) is 0 Å². The molecule has 1 aliphatic rings. The Kier molecular flexibility index (Phi) is 7.00. The standard InChI is InChI=1S/C27H22ClN3O3S2/c1-2-17-7-5-9-20-18(15-30(25(17)20)16-24(32)29-14-19-8-6-12-35-19)13-23-26(33)31(27(34)36-23)22-11-4-3-10-21(22)28/h3-13,15H,2,14,16H2,1H3,(H,29,32)/b23-13-. The van der Waals surface area contributed by atoms with Crippen molar-refractivity contribution in [1.29, 1.82) is 0 Å². The van der Waals surface area contributed by atoms with E-state index in [1.54, 1.807) is 41.7 Å². The summed E-state index contributed by atoms with van der Waals surface area (Å²) >= 11 is 8.73. The number of carbonyl (C=O) groups excluding carboxylic acids is 3. The van der Waals surface area contributed by atoms with Gasteiger partial charge in [0.2, 0.25) is 5.91 Å². The predicted octanol–water partition coefficient (Wildman–Crippen LogP) is 6.48. The Morgan fingerprint density at radius 1 is 1.08 bits per heavy atom. The summed E-state index contributed by atoms with van der Waals surface area (Å²) in [7, 11) is 0. The molecule has 182 valence electrons. The lowest BCUT2D eigenvalue weighted by atomic mass is 10.1. The van der Waals surface area contributed by atoms with Gasteiger partial charge in [-0.25, -0.2) is 4.90 Å². The summed E-state index contributed by atoms with van der Waals surface area (Å²) in [5, 5.41) is 5.81. The van der Waals surface area contributed by atoms with Gasteiger partial charge in [0.25, 0.3) is 11.1 Å². The Hall–Kier alpha value is -3.33. The maximum absolute atomic E-state index is 13.2. The molecule has 0 spiro atoms. The number of para-hydroxylation sites is 2. The Morgan fingerprint density at radius 3 is 2.67 bits per heavy atom. The molecule has 2 aromatic heterocycles. The maximum atomic E-state index is 13.2. The van der Waals surface area contributed by atoms with Crippen molar-refractivity contribution in [1.82, 2.24) is 9.88 Å². The highest BCUT2D eigenvalue weighted by atomic mass is 35.5. The van der Waals surface area contributed by atoms with Crippen molar-refractivity contribution in [2.75, 3.05) is 4.90 Å². The normalized spacial score (nSPS) is 14.8. The highest BCUT2D eigenvalue weighted by molar-refractivity contribution is 8.19. The number of imide groups is 1. The first-order valence-corrected chi connectivity index (χ1v) is 13.5. The zero-order chi connectivity index (χ0) is 25.2. The first kappa shape index (κ1) is 24.4. The third-order valence-corrected chi connectivity index (χ3v) is 7.99. The van der Waals surface area contributed by atoms with Gasteiger partial charge >= 0.3 is 0 Å². The monoisotopic (exact) mass is 535 g/mol. The summed E-state index contributed by atoms with van der Waals surface area (Å²) in [6, 6.07) is 16.7. The molecule has 6 nitrogen and oxygen atoms in total. The van der Waals surface area contributed by atoms with Crippen LogP contribution in [-0.2, 0) is 29.1 Å². The third kappa shape index (κ3) is 4.72. The van der Waals surface area contributed by atoms with Gasteiger partial charge in [0.1, 0.15) is 6.54 Å². The first-order chi connectivity index (χ1) is 17.5. The Labute approximate surface area is 221 Å². The number of hydrogen-bond donors (Lipinski definition) is 1. The van der Waals surface area contributed by atoms with Crippen molar-refractivity contribution in [2.24, 2.45) is 0 Å². The van der Waals surface area contributed by atoms with Crippen LogP contribution in [0.3, 0.4) is 0 Å². The fourth-order valence-electron chi connectivity index (χ4n) is 4.25. The SMILES string of the molecule is CCc1cccc2c(/C=C3\SC(=O)N(c4ccccc4Cl)C3=O)cn(CC(=O)NCc3cccs3)c12. The number of hydrogen-bond acceptors (Lipinski definition) is 5. The molecule has 0 bridgehead atoms. The van der Waals surface area contributed by atoms with Crippen LogP contribution in [0.4, 0.5) is 10.5 Å². The molecular weight excluding hydrogens is 514 g/mol. The second-order valence-corrected chi connectivity index (χ2v) is 10.6. The summed E-state index contributed by atoms with van der Waals surface area (Å²) in [4.78, 5) is 41.2. The van der Waals surface area contributed by atoms with Gasteiger partial charge in [0, 0.05) is 22.0 Å². The second kappa shape index (κ2) is 10.3. The molecule has 0 radical (unpaired) electrons. The molecule has 3 amide bonds. The van der Waals surface area contributed by atoms with E-state index >= 15 is 0 Å². The Bertz CT molecular complexity index is 1510. The fraction of sp³-hybridized carbons (Fsp3) is 0.148. The van der Waals surface area contributed by atoms with E-state index in [-0.39, 0.29) is 12.5 Å². The van der Waals surface area contributed by atoms with Crippen LogP contribution >= 0.6 is 34.7 Å². The Balaban J connectivity index is 1.47. The number of thiophene rings is 1. The first-order valence-electron chi connectivity index (χ1n) is 11.4. The molecule has 4 aromatic rings. The lowest BCUT2D eigenvalue weighted by molar-refractivity contribution is -0.121. The average molecular weight is 536 g/mol. The van der Waals surface area contributed by atoms with E-state index in [1.807, 2.05) is 46.5 Å². The number of aromatic nitrogens is 1. The lowest BCUT2D eigenvalue weighted by Gasteiger charge is -2.13. The molecule has 1 fully saturated rings. The van der Waals surface area contributed by atoms with Crippen molar-refractivity contribution in [3.8, 4) is 0 Å². The maximum Gasteiger partial charge on any atom is 0.298 e. The van der Waals surface area contributed by atoms with Crippen molar-refractivity contribution in [3.05, 3.63) is 92.1 Å². The number of thioether (sulfide) groups is 1.